The molecule has 0 bridgehead atoms. The maximum absolute atomic E-state index is 11.8. The van der Waals surface area contributed by atoms with Crippen LogP contribution in [-0.2, 0) is 18.6 Å². The molecule has 1 aliphatic rings. The number of thioether (sulfide) groups is 1. The Hall–Kier alpha value is -2.07. The molecule has 0 amide bonds. The summed E-state index contributed by atoms with van der Waals surface area (Å²) in [7, 11) is 0. The van der Waals surface area contributed by atoms with E-state index >= 15 is 0 Å². The first-order valence-electron chi connectivity index (χ1n) is 8.03. The lowest BCUT2D eigenvalue weighted by molar-refractivity contribution is 0.639. The quantitative estimate of drug-likeness (QED) is 0.583. The Morgan fingerprint density at radius 2 is 1.87 bits per heavy atom. The average molecular weight is 322 g/mol. The maximum Gasteiger partial charge on any atom is 0.346 e. The largest absolute Gasteiger partial charge is 0.346 e. The van der Waals surface area contributed by atoms with Gasteiger partial charge in [0.1, 0.15) is 5.03 Å². The molecule has 1 aliphatic carbocycles. The zero-order chi connectivity index (χ0) is 15.6. The predicted octanol–water partition coefficient (Wildman–Crippen LogP) is 4.09. The number of H-pyrrole nitrogens is 1. The molecule has 23 heavy (non-hydrogen) atoms. The van der Waals surface area contributed by atoms with E-state index < -0.39 is 0 Å². The fourth-order valence-corrected chi connectivity index (χ4v) is 4.37. The number of aryl methyl sites for hydroxylation is 1. The summed E-state index contributed by atoms with van der Waals surface area (Å²) in [6, 6.07) is 14.8. The predicted molar refractivity (Wildman–Crippen MR) is 95.0 cm³/mol. The number of aromatic amines is 1. The van der Waals surface area contributed by atoms with Gasteiger partial charge < -0.3 is 4.98 Å². The second-order valence-corrected chi connectivity index (χ2v) is 6.90. The molecular formula is C19H18N2OS. The number of nitrogens with zero attached hydrogens (tertiary/aromatic N) is 1. The van der Waals surface area contributed by atoms with Gasteiger partial charge in [-0.3, -0.25) is 0 Å². The first kappa shape index (κ1) is 14.5. The van der Waals surface area contributed by atoms with E-state index in [0.717, 1.165) is 35.7 Å². The van der Waals surface area contributed by atoms with Gasteiger partial charge >= 0.3 is 5.69 Å². The van der Waals surface area contributed by atoms with E-state index in [1.165, 1.54) is 28.3 Å². The standard InChI is InChI=1S/C19H18N2OS/c22-19-20-17-11-4-3-10-16(17)18(21-19)23-12-14-8-5-7-13-6-1-2-9-15(13)14/h1-2,5-9H,3-4,10-12H2,(H,20,21,22). The monoisotopic (exact) mass is 322 g/mol. The Labute approximate surface area is 139 Å². The van der Waals surface area contributed by atoms with Crippen LogP contribution >= 0.6 is 11.8 Å². The van der Waals surface area contributed by atoms with E-state index in [9.17, 15) is 4.79 Å². The van der Waals surface area contributed by atoms with Crippen LogP contribution in [0.2, 0.25) is 0 Å². The second kappa shape index (κ2) is 6.20. The number of rotatable bonds is 3. The van der Waals surface area contributed by atoms with Crippen LogP contribution in [0.4, 0.5) is 0 Å². The fraction of sp³-hybridized carbons (Fsp3) is 0.263. The maximum atomic E-state index is 11.8. The Bertz CT molecular complexity index is 911. The van der Waals surface area contributed by atoms with Crippen molar-refractivity contribution in [3.05, 3.63) is 69.8 Å². The molecule has 0 radical (unpaired) electrons. The molecule has 4 rings (SSSR count). The normalized spacial score (nSPS) is 13.9. The van der Waals surface area contributed by atoms with Gasteiger partial charge in [-0.1, -0.05) is 42.5 Å². The van der Waals surface area contributed by atoms with Gasteiger partial charge in [0.25, 0.3) is 0 Å². The van der Waals surface area contributed by atoms with Crippen LogP contribution in [0.1, 0.15) is 29.7 Å². The molecule has 0 spiro atoms. The van der Waals surface area contributed by atoms with Crippen molar-refractivity contribution in [2.24, 2.45) is 0 Å². The fourth-order valence-electron chi connectivity index (χ4n) is 3.28. The first-order valence-corrected chi connectivity index (χ1v) is 9.01. The van der Waals surface area contributed by atoms with E-state index in [1.54, 1.807) is 11.8 Å². The zero-order valence-electron chi connectivity index (χ0n) is 12.8. The number of fused-ring (bicyclic) bond motifs is 2. The highest BCUT2D eigenvalue weighted by Crippen LogP contribution is 2.31. The van der Waals surface area contributed by atoms with E-state index in [1.807, 2.05) is 0 Å². The Morgan fingerprint density at radius 3 is 2.83 bits per heavy atom. The Morgan fingerprint density at radius 1 is 1.04 bits per heavy atom. The van der Waals surface area contributed by atoms with Crippen molar-refractivity contribution in [1.82, 2.24) is 9.97 Å². The van der Waals surface area contributed by atoms with Crippen molar-refractivity contribution < 1.29 is 0 Å². The van der Waals surface area contributed by atoms with E-state index in [4.69, 9.17) is 0 Å². The highest BCUT2D eigenvalue weighted by Gasteiger charge is 2.16. The summed E-state index contributed by atoms with van der Waals surface area (Å²) >= 11 is 1.69. The molecule has 1 heterocycles. The third-order valence-electron chi connectivity index (χ3n) is 4.43. The number of nitrogens with one attached hydrogen (secondary N) is 1. The Kier molecular flexibility index (Phi) is 3.92. The van der Waals surface area contributed by atoms with Gasteiger partial charge in [0.15, 0.2) is 0 Å². The van der Waals surface area contributed by atoms with Crippen LogP contribution in [0.5, 0.6) is 0 Å². The Balaban J connectivity index is 1.66. The molecule has 0 aliphatic heterocycles. The van der Waals surface area contributed by atoms with Gasteiger partial charge in [-0.25, -0.2) is 4.79 Å². The van der Waals surface area contributed by atoms with E-state index in [2.05, 4.69) is 52.4 Å². The third-order valence-corrected chi connectivity index (χ3v) is 5.50. The van der Waals surface area contributed by atoms with Gasteiger partial charge in [0.05, 0.1) is 0 Å². The number of aromatic nitrogens is 2. The van der Waals surface area contributed by atoms with E-state index in [0.29, 0.717) is 0 Å². The van der Waals surface area contributed by atoms with Crippen molar-refractivity contribution in [2.45, 2.75) is 36.5 Å². The number of hydrogen-bond acceptors (Lipinski definition) is 3. The molecule has 3 nitrogen and oxygen atoms in total. The van der Waals surface area contributed by atoms with Crippen molar-refractivity contribution in [3.8, 4) is 0 Å². The third kappa shape index (κ3) is 2.91. The van der Waals surface area contributed by atoms with Gasteiger partial charge in [-0.2, -0.15) is 4.98 Å². The average Bonchev–Trinajstić information content (AvgIpc) is 2.59. The van der Waals surface area contributed by atoms with Crippen molar-refractivity contribution in [1.29, 1.82) is 0 Å². The highest BCUT2D eigenvalue weighted by atomic mass is 32.2. The minimum Gasteiger partial charge on any atom is -0.309 e. The van der Waals surface area contributed by atoms with Crippen LogP contribution in [-0.4, -0.2) is 9.97 Å². The van der Waals surface area contributed by atoms with Crippen LogP contribution in [0.25, 0.3) is 10.8 Å². The molecule has 1 N–H and O–H groups in total. The van der Waals surface area contributed by atoms with Gasteiger partial charge in [-0.05, 0) is 42.0 Å². The van der Waals surface area contributed by atoms with Crippen molar-refractivity contribution >= 4 is 22.5 Å². The van der Waals surface area contributed by atoms with Crippen molar-refractivity contribution in [2.75, 3.05) is 0 Å². The second-order valence-electron chi connectivity index (χ2n) is 5.94. The molecular weight excluding hydrogens is 304 g/mol. The summed E-state index contributed by atoms with van der Waals surface area (Å²) in [5, 5.41) is 3.45. The molecule has 3 aromatic rings. The van der Waals surface area contributed by atoms with Crippen molar-refractivity contribution in [3.63, 3.8) is 0 Å². The minimum atomic E-state index is -0.217. The summed E-state index contributed by atoms with van der Waals surface area (Å²) in [4.78, 5) is 19.0. The zero-order valence-corrected chi connectivity index (χ0v) is 13.7. The molecule has 0 fully saturated rings. The molecule has 0 unspecified atom stereocenters. The summed E-state index contributed by atoms with van der Waals surface area (Å²) < 4.78 is 0. The van der Waals surface area contributed by atoms with E-state index in [-0.39, 0.29) is 5.69 Å². The SMILES string of the molecule is O=c1nc(SCc2cccc3ccccc23)c2c([nH]1)CCCC2. The molecule has 116 valence electrons. The molecule has 2 aromatic carbocycles. The number of benzene rings is 2. The lowest BCUT2D eigenvalue weighted by Gasteiger charge is -2.17. The van der Waals surface area contributed by atoms with Crippen LogP contribution in [0.15, 0.2) is 52.3 Å². The van der Waals surface area contributed by atoms with Gasteiger partial charge in [0.2, 0.25) is 0 Å². The lowest BCUT2D eigenvalue weighted by Crippen LogP contribution is -2.19. The first-order chi connectivity index (χ1) is 11.3. The summed E-state index contributed by atoms with van der Waals surface area (Å²) in [6.07, 6.45) is 4.33. The van der Waals surface area contributed by atoms with Crippen LogP contribution < -0.4 is 5.69 Å². The number of hydrogen-bond donors (Lipinski definition) is 1. The molecule has 0 saturated heterocycles. The van der Waals surface area contributed by atoms with Crippen LogP contribution in [0.3, 0.4) is 0 Å². The smallest absolute Gasteiger partial charge is 0.309 e. The van der Waals surface area contributed by atoms with Gasteiger partial charge in [-0.15, -0.1) is 11.8 Å². The highest BCUT2D eigenvalue weighted by molar-refractivity contribution is 7.98. The lowest BCUT2D eigenvalue weighted by atomic mass is 9.98. The summed E-state index contributed by atoms with van der Waals surface area (Å²) in [6.45, 7) is 0. The molecule has 1 aromatic heterocycles. The molecule has 4 heteroatoms. The van der Waals surface area contributed by atoms with Gasteiger partial charge in [0, 0.05) is 17.0 Å². The molecule has 0 atom stereocenters. The summed E-state index contributed by atoms with van der Waals surface area (Å²) in [5.74, 6) is 0.838. The molecule has 0 saturated carbocycles. The summed E-state index contributed by atoms with van der Waals surface area (Å²) in [5.41, 5.74) is 3.42. The topological polar surface area (TPSA) is 45.8 Å². The van der Waals surface area contributed by atoms with Crippen LogP contribution in [0, 0.1) is 0 Å². The minimum absolute atomic E-state index is 0.217.